The lowest BCUT2D eigenvalue weighted by Gasteiger charge is -2.20. The van der Waals surface area contributed by atoms with Crippen LogP contribution in [0.15, 0.2) is 64.6 Å². The number of rotatable bonds is 3. The van der Waals surface area contributed by atoms with E-state index in [1.807, 2.05) is 39.8 Å². The average molecular weight is 388 g/mol. The molecule has 6 heteroatoms. The van der Waals surface area contributed by atoms with Gasteiger partial charge in [0.25, 0.3) is 0 Å². The van der Waals surface area contributed by atoms with Gasteiger partial charge in [-0.2, -0.15) is 4.31 Å². The number of hydrogen-bond acceptors (Lipinski definition) is 4. The zero-order chi connectivity index (χ0) is 19.8. The van der Waals surface area contributed by atoms with Crippen molar-refractivity contribution in [3.05, 3.63) is 65.3 Å². The Morgan fingerprint density at radius 1 is 1.04 bits per heavy atom. The third kappa shape index (κ3) is 4.22. The molecule has 1 aromatic rings. The minimum Gasteiger partial charge on any atom is -0.453 e. The lowest BCUT2D eigenvalue weighted by Crippen LogP contribution is -2.30. The van der Waals surface area contributed by atoms with Crippen molar-refractivity contribution in [2.45, 2.75) is 38.7 Å². The summed E-state index contributed by atoms with van der Waals surface area (Å²) in [6, 6.07) is 6.88. The smallest absolute Gasteiger partial charge is 0.312 e. The summed E-state index contributed by atoms with van der Waals surface area (Å²) in [6.45, 7) is 7.98. The number of hydrogen-bond donors (Lipinski definition) is 0. The Morgan fingerprint density at radius 3 is 2.04 bits per heavy atom. The van der Waals surface area contributed by atoms with E-state index in [0.717, 1.165) is 16.7 Å². The molecular weight excluding hydrogens is 362 g/mol. The first-order chi connectivity index (χ1) is 12.6. The number of benzene rings is 1. The van der Waals surface area contributed by atoms with E-state index in [4.69, 9.17) is 4.74 Å². The van der Waals surface area contributed by atoms with E-state index in [-0.39, 0.29) is 5.97 Å². The number of aryl methyl sites for hydroxylation is 1. The van der Waals surface area contributed by atoms with Crippen LogP contribution in [0.25, 0.3) is 0 Å². The summed E-state index contributed by atoms with van der Waals surface area (Å²) in [5.74, 6) is -0.271. The normalized spacial score (nSPS) is 18.5. The second kappa shape index (κ2) is 7.09. The fourth-order valence-corrected chi connectivity index (χ4v) is 4.25. The third-order valence-corrected chi connectivity index (χ3v) is 6.40. The van der Waals surface area contributed by atoms with Gasteiger partial charge in [-0.3, -0.25) is 4.79 Å². The summed E-state index contributed by atoms with van der Waals surface area (Å²) < 4.78 is 32.7. The first kappa shape index (κ1) is 19.6. The Balaban J connectivity index is 1.72. The molecule has 144 valence electrons. The number of carbonyl (C=O) groups is 1. The van der Waals surface area contributed by atoms with E-state index >= 15 is 0 Å². The van der Waals surface area contributed by atoms with Gasteiger partial charge in [-0.05, 0) is 63.1 Å². The summed E-state index contributed by atoms with van der Waals surface area (Å²) in [6.07, 6.45) is 6.88. The van der Waals surface area contributed by atoms with Crippen molar-refractivity contribution in [2.24, 2.45) is 5.41 Å². The van der Waals surface area contributed by atoms with E-state index in [9.17, 15) is 13.2 Å². The van der Waals surface area contributed by atoms with E-state index in [1.54, 1.807) is 36.4 Å². The van der Waals surface area contributed by atoms with Crippen LogP contribution < -0.4 is 0 Å². The number of sulfonamides is 1. The maximum Gasteiger partial charge on any atom is 0.312 e. The number of ether oxygens (including phenoxy) is 1. The molecule has 0 saturated heterocycles. The molecule has 0 bridgehead atoms. The van der Waals surface area contributed by atoms with Crippen LogP contribution in [0.3, 0.4) is 0 Å². The Kier molecular flexibility index (Phi) is 5.14. The second-order valence-corrected chi connectivity index (χ2v) is 9.91. The zero-order valence-electron chi connectivity index (χ0n) is 16.1. The molecule has 0 amide bonds. The van der Waals surface area contributed by atoms with Crippen LogP contribution in [-0.4, -0.2) is 37.9 Å². The molecule has 3 rings (SSSR count). The van der Waals surface area contributed by atoms with Crippen LogP contribution >= 0.6 is 0 Å². The standard InChI is InChI=1S/C21H25NO4S/c1-15-5-11-19(12-6-15)27(24,25)22-13-16-7-9-18(10-8-17(16)14-22)26-20(23)21(2,3)4/h5-12,18H,13-14H2,1-4H3. The van der Waals surface area contributed by atoms with Crippen LogP contribution in [0.2, 0.25) is 0 Å². The van der Waals surface area contributed by atoms with Gasteiger partial charge < -0.3 is 4.74 Å². The predicted molar refractivity (Wildman–Crippen MR) is 105 cm³/mol. The van der Waals surface area contributed by atoms with Crippen molar-refractivity contribution in [2.75, 3.05) is 13.1 Å². The molecule has 27 heavy (non-hydrogen) atoms. The molecule has 2 aliphatic rings. The van der Waals surface area contributed by atoms with Gasteiger partial charge in [-0.25, -0.2) is 8.42 Å². The van der Waals surface area contributed by atoms with Gasteiger partial charge in [-0.15, -0.1) is 0 Å². The molecule has 0 aromatic heterocycles. The van der Waals surface area contributed by atoms with Crippen molar-refractivity contribution in [1.29, 1.82) is 0 Å². The van der Waals surface area contributed by atoms with Crippen molar-refractivity contribution >= 4 is 16.0 Å². The van der Waals surface area contributed by atoms with Gasteiger partial charge in [-0.1, -0.05) is 29.8 Å². The van der Waals surface area contributed by atoms with Crippen LogP contribution in [0.5, 0.6) is 0 Å². The van der Waals surface area contributed by atoms with E-state index in [0.29, 0.717) is 18.0 Å². The molecule has 0 atom stereocenters. The topological polar surface area (TPSA) is 63.7 Å². The third-order valence-electron chi connectivity index (χ3n) is 4.59. The summed E-state index contributed by atoms with van der Waals surface area (Å²) in [5, 5.41) is 0. The highest BCUT2D eigenvalue weighted by Crippen LogP contribution is 2.28. The molecule has 0 saturated carbocycles. The molecule has 1 aromatic carbocycles. The Hall–Kier alpha value is -2.18. The van der Waals surface area contributed by atoms with Crippen LogP contribution in [0.1, 0.15) is 26.3 Å². The van der Waals surface area contributed by atoms with Crippen molar-refractivity contribution in [1.82, 2.24) is 4.31 Å². The lowest BCUT2D eigenvalue weighted by molar-refractivity contribution is -0.154. The highest BCUT2D eigenvalue weighted by atomic mass is 32.2. The molecule has 0 N–H and O–H groups in total. The van der Waals surface area contributed by atoms with Crippen molar-refractivity contribution in [3.8, 4) is 0 Å². The molecule has 0 fully saturated rings. The molecule has 5 nitrogen and oxygen atoms in total. The summed E-state index contributed by atoms with van der Waals surface area (Å²) in [5.41, 5.74) is 2.31. The molecule has 1 aliphatic heterocycles. The number of esters is 1. The Bertz CT molecular complexity index is 905. The van der Waals surface area contributed by atoms with Gasteiger partial charge in [0.15, 0.2) is 0 Å². The van der Waals surface area contributed by atoms with Crippen LogP contribution in [-0.2, 0) is 19.6 Å². The molecule has 1 heterocycles. The summed E-state index contributed by atoms with van der Waals surface area (Å²) in [4.78, 5) is 12.4. The Morgan fingerprint density at radius 2 is 1.56 bits per heavy atom. The zero-order valence-corrected chi connectivity index (χ0v) is 16.9. The average Bonchev–Trinajstić information content (AvgIpc) is 2.92. The molecule has 0 unspecified atom stereocenters. The predicted octanol–water partition coefficient (Wildman–Crippen LogP) is 3.38. The maximum absolute atomic E-state index is 12.9. The highest BCUT2D eigenvalue weighted by Gasteiger charge is 2.32. The maximum atomic E-state index is 12.9. The number of nitrogens with zero attached hydrogens (tertiary/aromatic N) is 1. The molecule has 0 spiro atoms. The van der Waals surface area contributed by atoms with E-state index < -0.39 is 21.5 Å². The Labute approximate surface area is 161 Å². The van der Waals surface area contributed by atoms with Gasteiger partial charge in [0.05, 0.1) is 10.3 Å². The van der Waals surface area contributed by atoms with Gasteiger partial charge in [0.2, 0.25) is 10.0 Å². The van der Waals surface area contributed by atoms with Crippen LogP contribution in [0, 0.1) is 12.3 Å². The van der Waals surface area contributed by atoms with Gasteiger partial charge in [0.1, 0.15) is 6.10 Å². The lowest BCUT2D eigenvalue weighted by atomic mass is 9.97. The largest absolute Gasteiger partial charge is 0.453 e. The van der Waals surface area contributed by atoms with Crippen LogP contribution in [0.4, 0.5) is 0 Å². The van der Waals surface area contributed by atoms with Crippen molar-refractivity contribution in [3.63, 3.8) is 0 Å². The van der Waals surface area contributed by atoms with Gasteiger partial charge in [0, 0.05) is 13.1 Å². The minimum atomic E-state index is -3.54. The summed E-state index contributed by atoms with van der Waals surface area (Å²) >= 11 is 0. The fraction of sp³-hybridized carbons (Fsp3) is 0.381. The highest BCUT2D eigenvalue weighted by molar-refractivity contribution is 7.89. The van der Waals surface area contributed by atoms with E-state index in [1.165, 1.54) is 4.31 Å². The molecular formula is C21H25NO4S. The van der Waals surface area contributed by atoms with Crippen molar-refractivity contribution < 1.29 is 17.9 Å². The second-order valence-electron chi connectivity index (χ2n) is 7.97. The first-order valence-corrected chi connectivity index (χ1v) is 10.4. The SMILES string of the molecule is Cc1ccc(S(=O)(=O)N2CC3=C(C=CC(OC(=O)C(C)(C)C)C=C3)C2)cc1. The number of carbonyl (C=O) groups excluding carboxylic acids is 1. The minimum absolute atomic E-state index is 0.271. The molecule has 0 radical (unpaired) electrons. The molecule has 1 aliphatic carbocycles. The van der Waals surface area contributed by atoms with E-state index in [2.05, 4.69) is 0 Å². The summed E-state index contributed by atoms with van der Waals surface area (Å²) in [7, 11) is -3.54. The van der Waals surface area contributed by atoms with Gasteiger partial charge >= 0.3 is 5.97 Å². The monoisotopic (exact) mass is 387 g/mol. The first-order valence-electron chi connectivity index (χ1n) is 8.94. The fourth-order valence-electron chi connectivity index (χ4n) is 2.85. The quantitative estimate of drug-likeness (QED) is 0.746.